The summed E-state index contributed by atoms with van der Waals surface area (Å²) in [5.41, 5.74) is 1.02. The third kappa shape index (κ3) is 4.68. The number of nitriles is 1. The SMILES string of the molecule is CC(=O)SCC(=Cc1cc(Cl)ccc1C#N)B1OC(C)(C)C(C)(C)O1. The second-order valence-corrected chi connectivity index (χ2v) is 8.52. The molecule has 0 bridgehead atoms. The standard InChI is InChI=1S/C18H21BClNO3S/c1-12(22)25-11-15(19-23-17(2,3)18(4,5)24-19)8-14-9-16(20)7-6-13(14)10-21/h6-9H,11H2,1-5H3. The van der Waals surface area contributed by atoms with E-state index in [4.69, 9.17) is 20.9 Å². The van der Waals surface area contributed by atoms with Gasteiger partial charge in [-0.2, -0.15) is 5.26 Å². The van der Waals surface area contributed by atoms with Crippen molar-refractivity contribution in [3.05, 3.63) is 39.8 Å². The van der Waals surface area contributed by atoms with Gasteiger partial charge in [0.15, 0.2) is 5.12 Å². The maximum Gasteiger partial charge on any atom is 0.491 e. The Labute approximate surface area is 158 Å². The van der Waals surface area contributed by atoms with Crippen LogP contribution in [-0.2, 0) is 14.1 Å². The van der Waals surface area contributed by atoms with Crippen LogP contribution in [0, 0.1) is 11.3 Å². The molecule has 0 aliphatic carbocycles. The molecule has 2 rings (SSSR count). The first-order valence-corrected chi connectivity index (χ1v) is 9.31. The van der Waals surface area contributed by atoms with Gasteiger partial charge < -0.3 is 9.31 Å². The predicted molar refractivity (Wildman–Crippen MR) is 103 cm³/mol. The van der Waals surface area contributed by atoms with Gasteiger partial charge in [-0.1, -0.05) is 29.4 Å². The molecule has 7 heteroatoms. The monoisotopic (exact) mass is 377 g/mol. The van der Waals surface area contributed by atoms with Crippen LogP contribution in [0.1, 0.15) is 45.7 Å². The van der Waals surface area contributed by atoms with Crippen molar-refractivity contribution >= 4 is 41.7 Å². The molecule has 1 saturated heterocycles. The van der Waals surface area contributed by atoms with Gasteiger partial charge in [0, 0.05) is 17.7 Å². The van der Waals surface area contributed by atoms with Crippen LogP contribution in [0.3, 0.4) is 0 Å². The quantitative estimate of drug-likeness (QED) is 0.723. The Bertz CT molecular complexity index is 739. The van der Waals surface area contributed by atoms with Crippen LogP contribution in [0.15, 0.2) is 23.7 Å². The number of benzene rings is 1. The zero-order valence-electron chi connectivity index (χ0n) is 15.1. The normalized spacial score (nSPS) is 18.9. The van der Waals surface area contributed by atoms with Gasteiger partial charge in [0.1, 0.15) is 0 Å². The molecule has 0 spiro atoms. The summed E-state index contributed by atoms with van der Waals surface area (Å²) in [5, 5.41) is 9.88. The summed E-state index contributed by atoms with van der Waals surface area (Å²) in [7, 11) is -0.581. The highest BCUT2D eigenvalue weighted by Crippen LogP contribution is 2.39. The summed E-state index contributed by atoms with van der Waals surface area (Å²) < 4.78 is 12.2. The van der Waals surface area contributed by atoms with E-state index in [9.17, 15) is 10.1 Å². The van der Waals surface area contributed by atoms with Crippen LogP contribution >= 0.6 is 23.4 Å². The summed E-state index contributed by atoms with van der Waals surface area (Å²) in [6.07, 6.45) is 1.84. The summed E-state index contributed by atoms with van der Waals surface area (Å²) in [4.78, 5) is 11.4. The number of nitrogens with zero attached hydrogens (tertiary/aromatic N) is 1. The fraction of sp³-hybridized carbons (Fsp3) is 0.444. The van der Waals surface area contributed by atoms with E-state index in [1.807, 2.05) is 33.8 Å². The number of hydrogen-bond acceptors (Lipinski definition) is 5. The van der Waals surface area contributed by atoms with Crippen molar-refractivity contribution in [3.8, 4) is 6.07 Å². The molecule has 1 fully saturated rings. The molecule has 0 radical (unpaired) electrons. The lowest BCUT2D eigenvalue weighted by atomic mass is 9.78. The highest BCUT2D eigenvalue weighted by Gasteiger charge is 2.52. The molecule has 1 aliphatic rings. The molecule has 1 aromatic rings. The number of carbonyl (C=O) groups is 1. The van der Waals surface area contributed by atoms with Crippen molar-refractivity contribution in [3.63, 3.8) is 0 Å². The van der Waals surface area contributed by atoms with E-state index in [1.54, 1.807) is 18.2 Å². The van der Waals surface area contributed by atoms with E-state index in [0.717, 1.165) is 5.47 Å². The highest BCUT2D eigenvalue weighted by atomic mass is 35.5. The van der Waals surface area contributed by atoms with Crippen molar-refractivity contribution in [1.82, 2.24) is 0 Å². The Morgan fingerprint density at radius 1 is 1.32 bits per heavy atom. The molecule has 0 aromatic heterocycles. The van der Waals surface area contributed by atoms with Crippen molar-refractivity contribution in [2.45, 2.75) is 45.8 Å². The van der Waals surface area contributed by atoms with Crippen molar-refractivity contribution in [2.75, 3.05) is 5.75 Å². The molecule has 0 N–H and O–H groups in total. The van der Waals surface area contributed by atoms with Crippen LogP contribution in [-0.4, -0.2) is 29.2 Å². The Kier molecular flexibility index (Phi) is 6.06. The number of carbonyl (C=O) groups excluding carboxylic acids is 1. The van der Waals surface area contributed by atoms with E-state index in [2.05, 4.69) is 6.07 Å². The van der Waals surface area contributed by atoms with E-state index in [-0.39, 0.29) is 5.12 Å². The lowest BCUT2D eigenvalue weighted by molar-refractivity contribution is -0.109. The zero-order valence-corrected chi connectivity index (χ0v) is 16.6. The van der Waals surface area contributed by atoms with Gasteiger partial charge in [-0.05, 0) is 56.9 Å². The molecule has 25 heavy (non-hydrogen) atoms. The number of rotatable bonds is 4. The van der Waals surface area contributed by atoms with Gasteiger partial charge in [-0.3, -0.25) is 4.79 Å². The fourth-order valence-corrected chi connectivity index (χ4v) is 3.08. The van der Waals surface area contributed by atoms with Crippen LogP contribution in [0.25, 0.3) is 6.08 Å². The van der Waals surface area contributed by atoms with Crippen molar-refractivity contribution in [2.24, 2.45) is 0 Å². The summed E-state index contributed by atoms with van der Waals surface area (Å²) in [6.45, 7) is 9.42. The van der Waals surface area contributed by atoms with E-state index >= 15 is 0 Å². The third-order valence-corrected chi connectivity index (χ3v) is 5.59. The smallest absolute Gasteiger partial charge is 0.400 e. The zero-order chi connectivity index (χ0) is 18.8. The van der Waals surface area contributed by atoms with Gasteiger partial charge in [-0.15, -0.1) is 0 Å². The number of thioether (sulfide) groups is 1. The Morgan fingerprint density at radius 2 is 1.92 bits per heavy atom. The van der Waals surface area contributed by atoms with Gasteiger partial charge in [0.2, 0.25) is 0 Å². The average molecular weight is 378 g/mol. The summed E-state index contributed by atoms with van der Waals surface area (Å²) in [6, 6.07) is 7.24. The fourth-order valence-electron chi connectivity index (χ4n) is 2.31. The largest absolute Gasteiger partial charge is 0.491 e. The van der Waals surface area contributed by atoms with E-state index in [1.165, 1.54) is 18.7 Å². The molecule has 0 saturated carbocycles. The van der Waals surface area contributed by atoms with Gasteiger partial charge >= 0.3 is 7.12 Å². The Balaban J connectivity index is 2.42. The third-order valence-electron chi connectivity index (χ3n) is 4.47. The number of halogens is 1. The van der Waals surface area contributed by atoms with Crippen LogP contribution in [0.4, 0.5) is 0 Å². The average Bonchev–Trinajstić information content (AvgIpc) is 2.71. The van der Waals surface area contributed by atoms with Crippen LogP contribution < -0.4 is 0 Å². The second kappa shape index (κ2) is 7.55. The lowest BCUT2D eigenvalue weighted by Crippen LogP contribution is -2.41. The molecule has 1 aliphatic heterocycles. The second-order valence-electron chi connectivity index (χ2n) is 6.93. The predicted octanol–water partition coefficient (Wildman–Crippen LogP) is 4.51. The maximum absolute atomic E-state index is 11.4. The van der Waals surface area contributed by atoms with Crippen LogP contribution in [0.2, 0.25) is 5.02 Å². The maximum atomic E-state index is 11.4. The van der Waals surface area contributed by atoms with Crippen molar-refractivity contribution in [1.29, 1.82) is 5.26 Å². The summed E-state index contributed by atoms with van der Waals surface area (Å²) in [5.74, 6) is 0.420. The summed E-state index contributed by atoms with van der Waals surface area (Å²) >= 11 is 7.25. The lowest BCUT2D eigenvalue weighted by Gasteiger charge is -2.32. The van der Waals surface area contributed by atoms with Gasteiger partial charge in [0.25, 0.3) is 0 Å². The molecule has 1 aromatic carbocycles. The van der Waals surface area contributed by atoms with Crippen molar-refractivity contribution < 1.29 is 14.1 Å². The van der Waals surface area contributed by atoms with Crippen LogP contribution in [0.5, 0.6) is 0 Å². The first-order valence-electron chi connectivity index (χ1n) is 7.95. The van der Waals surface area contributed by atoms with E-state index < -0.39 is 18.3 Å². The van der Waals surface area contributed by atoms with Gasteiger partial charge in [-0.25, -0.2) is 0 Å². The van der Waals surface area contributed by atoms with E-state index in [0.29, 0.717) is 21.9 Å². The molecule has 132 valence electrons. The topological polar surface area (TPSA) is 59.3 Å². The molecule has 4 nitrogen and oxygen atoms in total. The molecule has 0 unspecified atom stereocenters. The molecule has 1 heterocycles. The highest BCUT2D eigenvalue weighted by molar-refractivity contribution is 8.13. The first kappa shape index (κ1) is 20.1. The molecular weight excluding hydrogens is 357 g/mol. The minimum atomic E-state index is -0.581. The molecular formula is C18H21BClNO3S. The van der Waals surface area contributed by atoms with Gasteiger partial charge in [0.05, 0.1) is 22.8 Å². The first-order chi connectivity index (χ1) is 11.6. The molecule has 0 atom stereocenters. The number of hydrogen-bond donors (Lipinski definition) is 0. The molecule has 0 amide bonds. The minimum Gasteiger partial charge on any atom is -0.400 e. The minimum absolute atomic E-state index is 0.00835. The Hall–Kier alpha value is -1.26. The Morgan fingerprint density at radius 3 is 2.44 bits per heavy atom.